The van der Waals surface area contributed by atoms with Gasteiger partial charge in [-0.3, -0.25) is 9.59 Å². The molecule has 2 aromatic carbocycles. The van der Waals surface area contributed by atoms with Gasteiger partial charge in [-0.15, -0.1) is 11.3 Å². The van der Waals surface area contributed by atoms with Crippen LogP contribution in [-0.4, -0.2) is 43.7 Å². The van der Waals surface area contributed by atoms with E-state index in [0.717, 1.165) is 11.3 Å². The second-order valence-electron chi connectivity index (χ2n) is 7.12. The number of amides is 2. The van der Waals surface area contributed by atoms with Crippen LogP contribution < -0.4 is 24.4 Å². The van der Waals surface area contributed by atoms with E-state index < -0.39 is 6.10 Å². The van der Waals surface area contributed by atoms with Crippen molar-refractivity contribution in [1.29, 1.82) is 0 Å². The van der Waals surface area contributed by atoms with Crippen molar-refractivity contribution in [2.45, 2.75) is 19.4 Å². The zero-order chi connectivity index (χ0) is 22.7. The molecule has 8 nitrogen and oxygen atoms in total. The third-order valence-corrected chi connectivity index (χ3v) is 5.82. The molecular weight excluding hydrogens is 430 g/mol. The molecule has 0 saturated heterocycles. The van der Waals surface area contributed by atoms with Gasteiger partial charge in [-0.25, -0.2) is 4.98 Å². The van der Waals surface area contributed by atoms with Gasteiger partial charge in [-0.2, -0.15) is 0 Å². The summed E-state index contributed by atoms with van der Waals surface area (Å²) in [6.45, 7) is 1.96. The smallest absolute Gasteiger partial charge is 0.267 e. The summed E-state index contributed by atoms with van der Waals surface area (Å²) >= 11 is 1.33. The highest BCUT2D eigenvalue weighted by molar-refractivity contribution is 7.14. The fraction of sp³-hybridized carbons (Fsp3) is 0.261. The Morgan fingerprint density at radius 1 is 1.19 bits per heavy atom. The number of nitrogens with one attached hydrogen (secondary N) is 1. The topological polar surface area (TPSA) is 90.0 Å². The first kappa shape index (κ1) is 21.6. The number of fused-ring (bicyclic) bond motifs is 1. The highest BCUT2D eigenvalue weighted by Gasteiger charge is 2.31. The van der Waals surface area contributed by atoms with Crippen molar-refractivity contribution in [3.05, 3.63) is 47.8 Å². The van der Waals surface area contributed by atoms with Crippen LogP contribution in [0.15, 0.2) is 47.8 Å². The summed E-state index contributed by atoms with van der Waals surface area (Å²) in [6.07, 6.45) is -0.450. The van der Waals surface area contributed by atoms with Gasteiger partial charge in [0, 0.05) is 23.9 Å². The highest BCUT2D eigenvalue weighted by atomic mass is 32.1. The number of hydrogen-bond acceptors (Lipinski definition) is 7. The predicted octanol–water partition coefficient (Wildman–Crippen LogP) is 3.97. The third kappa shape index (κ3) is 4.38. The molecule has 0 radical (unpaired) electrons. The van der Waals surface area contributed by atoms with Gasteiger partial charge in [0.25, 0.3) is 5.91 Å². The van der Waals surface area contributed by atoms with E-state index in [1.54, 1.807) is 26.0 Å². The Kier molecular flexibility index (Phi) is 6.27. The molecule has 166 valence electrons. The molecule has 9 heteroatoms. The molecule has 2 amide bonds. The molecular formula is C23H23N3O5S. The predicted molar refractivity (Wildman–Crippen MR) is 123 cm³/mol. The van der Waals surface area contributed by atoms with Gasteiger partial charge >= 0.3 is 0 Å². The lowest BCUT2D eigenvalue weighted by molar-refractivity contribution is -0.125. The maximum Gasteiger partial charge on any atom is 0.267 e. The lowest BCUT2D eigenvalue weighted by Crippen LogP contribution is -2.45. The second-order valence-corrected chi connectivity index (χ2v) is 7.98. The van der Waals surface area contributed by atoms with Crippen LogP contribution in [0.1, 0.15) is 13.3 Å². The van der Waals surface area contributed by atoms with Gasteiger partial charge in [0.1, 0.15) is 5.75 Å². The zero-order valence-corrected chi connectivity index (χ0v) is 18.8. The van der Waals surface area contributed by atoms with Crippen molar-refractivity contribution in [2.75, 3.05) is 31.0 Å². The summed E-state index contributed by atoms with van der Waals surface area (Å²) < 4.78 is 16.2. The third-order valence-electron chi connectivity index (χ3n) is 5.07. The van der Waals surface area contributed by atoms with E-state index >= 15 is 0 Å². The molecule has 2 heterocycles. The van der Waals surface area contributed by atoms with Crippen LogP contribution in [0.25, 0.3) is 11.3 Å². The molecule has 4 rings (SSSR count). The maximum atomic E-state index is 12.6. The van der Waals surface area contributed by atoms with Crippen molar-refractivity contribution in [3.63, 3.8) is 0 Å². The number of thiazole rings is 1. The molecule has 1 atom stereocenters. The minimum absolute atomic E-state index is 0.137. The fourth-order valence-electron chi connectivity index (χ4n) is 3.44. The van der Waals surface area contributed by atoms with Crippen molar-refractivity contribution in [1.82, 2.24) is 4.98 Å². The Bertz CT molecular complexity index is 1150. The van der Waals surface area contributed by atoms with Crippen molar-refractivity contribution >= 4 is 34.0 Å². The number of rotatable bonds is 7. The summed E-state index contributed by atoms with van der Waals surface area (Å²) in [4.78, 5) is 31.2. The molecule has 0 bridgehead atoms. The fourth-order valence-corrected chi connectivity index (χ4v) is 4.18. The molecule has 1 N–H and O–H groups in total. The number of carbonyl (C=O) groups excluding carboxylic acids is 2. The van der Waals surface area contributed by atoms with Gasteiger partial charge < -0.3 is 24.4 Å². The van der Waals surface area contributed by atoms with Gasteiger partial charge in [-0.05, 0) is 37.3 Å². The maximum absolute atomic E-state index is 12.6. The van der Waals surface area contributed by atoms with E-state index in [1.807, 2.05) is 47.8 Å². The number of nitrogens with zero attached hydrogens (tertiary/aromatic N) is 2. The lowest BCUT2D eigenvalue weighted by atomic mass is 10.1. The molecule has 3 aromatic rings. The number of anilines is 2. The van der Waals surface area contributed by atoms with Crippen LogP contribution in [0.5, 0.6) is 17.2 Å². The first-order valence-electron chi connectivity index (χ1n) is 10.0. The summed E-state index contributed by atoms with van der Waals surface area (Å²) in [6, 6.07) is 12.8. The standard InChI is InChI=1S/C23H23N3O5S/c1-14-22(28)26(17-6-4-5-7-18(17)31-14)11-10-21(27)25-23-24-16(13-32-23)15-8-9-19(29-2)20(12-15)30-3/h4-9,12-14H,10-11H2,1-3H3,(H,24,25,27)/t14-/m0/s1. The molecule has 1 aliphatic rings. The monoisotopic (exact) mass is 453 g/mol. The average Bonchev–Trinajstić information content (AvgIpc) is 3.27. The normalized spacial score (nSPS) is 15.0. The molecule has 1 aromatic heterocycles. The van der Waals surface area contributed by atoms with E-state index in [9.17, 15) is 9.59 Å². The van der Waals surface area contributed by atoms with Crippen LogP contribution in [0.2, 0.25) is 0 Å². The molecule has 32 heavy (non-hydrogen) atoms. The van der Waals surface area contributed by atoms with Crippen molar-refractivity contribution < 1.29 is 23.8 Å². The van der Waals surface area contributed by atoms with Gasteiger partial charge in [0.2, 0.25) is 5.91 Å². The Morgan fingerprint density at radius 3 is 2.75 bits per heavy atom. The van der Waals surface area contributed by atoms with Crippen molar-refractivity contribution in [2.24, 2.45) is 0 Å². The first-order chi connectivity index (χ1) is 15.5. The first-order valence-corrected chi connectivity index (χ1v) is 10.9. The summed E-state index contributed by atoms with van der Waals surface area (Å²) in [5, 5.41) is 5.17. The molecule has 0 fully saturated rings. The molecule has 0 aliphatic carbocycles. The number of ether oxygens (including phenoxy) is 3. The second kappa shape index (κ2) is 9.27. The Morgan fingerprint density at radius 2 is 1.97 bits per heavy atom. The molecule has 0 spiro atoms. The number of hydrogen-bond donors (Lipinski definition) is 1. The SMILES string of the molecule is COc1ccc(-c2csc(NC(=O)CCN3C(=O)[C@H](C)Oc4ccccc43)n2)cc1OC. The summed E-state index contributed by atoms with van der Waals surface area (Å²) in [5.74, 6) is 1.49. The average molecular weight is 454 g/mol. The number of methoxy groups -OCH3 is 2. The number of carbonyl (C=O) groups is 2. The minimum atomic E-state index is -0.587. The van der Waals surface area contributed by atoms with Gasteiger partial charge in [0.15, 0.2) is 22.7 Å². The summed E-state index contributed by atoms with van der Waals surface area (Å²) in [7, 11) is 3.16. The van der Waals surface area contributed by atoms with Gasteiger partial charge in [0.05, 0.1) is 25.6 Å². The van der Waals surface area contributed by atoms with Crippen LogP contribution in [0.3, 0.4) is 0 Å². The Labute approximate surface area is 189 Å². The Balaban J connectivity index is 1.41. The zero-order valence-electron chi connectivity index (χ0n) is 18.0. The highest BCUT2D eigenvalue weighted by Crippen LogP contribution is 2.35. The lowest BCUT2D eigenvalue weighted by Gasteiger charge is -2.32. The van der Waals surface area contributed by atoms with E-state index in [-0.39, 0.29) is 24.8 Å². The van der Waals surface area contributed by atoms with E-state index in [1.165, 1.54) is 11.3 Å². The summed E-state index contributed by atoms with van der Waals surface area (Å²) in [5.41, 5.74) is 2.25. The number of benzene rings is 2. The van der Waals surface area contributed by atoms with E-state index in [4.69, 9.17) is 14.2 Å². The van der Waals surface area contributed by atoms with Crippen LogP contribution in [0, 0.1) is 0 Å². The Hall–Kier alpha value is -3.59. The number of aromatic nitrogens is 1. The van der Waals surface area contributed by atoms with Crippen LogP contribution in [-0.2, 0) is 9.59 Å². The van der Waals surface area contributed by atoms with Crippen LogP contribution >= 0.6 is 11.3 Å². The minimum Gasteiger partial charge on any atom is -0.493 e. The largest absolute Gasteiger partial charge is 0.493 e. The molecule has 0 unspecified atom stereocenters. The van der Waals surface area contributed by atoms with Crippen LogP contribution in [0.4, 0.5) is 10.8 Å². The van der Waals surface area contributed by atoms with E-state index in [0.29, 0.717) is 28.1 Å². The van der Waals surface area contributed by atoms with E-state index in [2.05, 4.69) is 10.3 Å². The molecule has 1 aliphatic heterocycles. The number of para-hydroxylation sites is 2. The quantitative estimate of drug-likeness (QED) is 0.582. The van der Waals surface area contributed by atoms with Crippen molar-refractivity contribution in [3.8, 4) is 28.5 Å². The molecule has 0 saturated carbocycles. The van der Waals surface area contributed by atoms with Gasteiger partial charge in [-0.1, -0.05) is 12.1 Å².